The molecule has 0 atom stereocenters. The Morgan fingerprint density at radius 1 is 1.32 bits per heavy atom. The Morgan fingerprint density at radius 3 is 2.58 bits per heavy atom. The summed E-state index contributed by atoms with van der Waals surface area (Å²) in [6, 6.07) is 3.67. The summed E-state index contributed by atoms with van der Waals surface area (Å²) in [6.45, 7) is 4.03. The molecular weight excluding hydrogens is 304 g/mol. The number of nitrogens with one attached hydrogen (secondary N) is 1. The van der Waals surface area contributed by atoms with Crippen molar-refractivity contribution in [2.75, 3.05) is 5.73 Å². The Kier molecular flexibility index (Phi) is 4.19. The van der Waals surface area contributed by atoms with Crippen molar-refractivity contribution in [1.82, 2.24) is 5.32 Å². The normalized spacial score (nSPS) is 18.1. The highest BCUT2D eigenvalue weighted by atomic mass is 79.9. The summed E-state index contributed by atoms with van der Waals surface area (Å²) in [6.07, 6.45) is 5.77. The van der Waals surface area contributed by atoms with Crippen LogP contribution < -0.4 is 11.1 Å². The SMILES string of the molecule is Cc1c(N)cc(Br)cc1C(=O)NC1(C)CCCCC1. The number of carbonyl (C=O) groups excluding carboxylic acids is 1. The minimum absolute atomic E-state index is 0.0186. The van der Waals surface area contributed by atoms with E-state index in [1.54, 1.807) is 0 Å². The number of hydrogen-bond donors (Lipinski definition) is 2. The fourth-order valence-electron chi connectivity index (χ4n) is 2.73. The lowest BCUT2D eigenvalue weighted by Crippen LogP contribution is -2.47. The summed E-state index contributed by atoms with van der Waals surface area (Å²) in [4.78, 5) is 12.5. The first kappa shape index (κ1) is 14.4. The molecule has 1 aromatic rings. The van der Waals surface area contributed by atoms with E-state index < -0.39 is 0 Å². The second kappa shape index (κ2) is 5.53. The molecule has 1 aliphatic carbocycles. The molecule has 0 spiro atoms. The van der Waals surface area contributed by atoms with Crippen molar-refractivity contribution >= 4 is 27.5 Å². The van der Waals surface area contributed by atoms with Gasteiger partial charge in [-0.15, -0.1) is 0 Å². The Morgan fingerprint density at radius 2 is 1.95 bits per heavy atom. The lowest BCUT2D eigenvalue weighted by Gasteiger charge is -2.34. The van der Waals surface area contributed by atoms with E-state index in [-0.39, 0.29) is 11.4 Å². The molecule has 0 heterocycles. The van der Waals surface area contributed by atoms with Gasteiger partial charge in [-0.3, -0.25) is 4.79 Å². The van der Waals surface area contributed by atoms with Crippen LogP contribution in [0.4, 0.5) is 5.69 Å². The van der Waals surface area contributed by atoms with Crippen molar-refractivity contribution < 1.29 is 4.79 Å². The average Bonchev–Trinajstić information content (AvgIpc) is 2.34. The van der Waals surface area contributed by atoms with Crippen LogP contribution in [0.2, 0.25) is 0 Å². The third-order valence-corrected chi connectivity index (χ3v) is 4.49. The van der Waals surface area contributed by atoms with E-state index in [0.29, 0.717) is 11.3 Å². The first-order valence-electron chi connectivity index (χ1n) is 6.79. The number of nitrogens with two attached hydrogens (primary N) is 1. The van der Waals surface area contributed by atoms with Gasteiger partial charge in [0.05, 0.1) is 0 Å². The number of hydrogen-bond acceptors (Lipinski definition) is 2. The Labute approximate surface area is 123 Å². The molecule has 0 radical (unpaired) electrons. The number of carbonyl (C=O) groups is 1. The molecule has 1 aromatic carbocycles. The summed E-state index contributed by atoms with van der Waals surface area (Å²) in [5, 5.41) is 3.19. The van der Waals surface area contributed by atoms with Crippen molar-refractivity contribution in [2.24, 2.45) is 0 Å². The molecule has 3 N–H and O–H groups in total. The molecule has 4 heteroatoms. The van der Waals surface area contributed by atoms with E-state index in [1.807, 2.05) is 19.1 Å². The fraction of sp³-hybridized carbons (Fsp3) is 0.533. The second-order valence-electron chi connectivity index (χ2n) is 5.74. The van der Waals surface area contributed by atoms with Gasteiger partial charge in [-0.25, -0.2) is 0 Å². The molecule has 0 aliphatic heterocycles. The van der Waals surface area contributed by atoms with Gasteiger partial charge in [0.1, 0.15) is 0 Å². The van der Waals surface area contributed by atoms with Gasteiger partial charge in [-0.05, 0) is 44.4 Å². The van der Waals surface area contributed by atoms with Crippen molar-refractivity contribution in [3.63, 3.8) is 0 Å². The lowest BCUT2D eigenvalue weighted by atomic mass is 9.83. The molecule has 0 saturated heterocycles. The van der Waals surface area contributed by atoms with Crippen LogP contribution >= 0.6 is 15.9 Å². The molecule has 0 aromatic heterocycles. The molecule has 1 saturated carbocycles. The Bertz CT molecular complexity index is 493. The highest BCUT2D eigenvalue weighted by Gasteiger charge is 2.29. The number of halogens is 1. The van der Waals surface area contributed by atoms with Gasteiger partial charge in [0.15, 0.2) is 0 Å². The molecule has 2 rings (SSSR count). The summed E-state index contributed by atoms with van der Waals surface area (Å²) in [5.74, 6) is -0.0186. The number of amides is 1. The van der Waals surface area contributed by atoms with Crippen molar-refractivity contribution in [3.8, 4) is 0 Å². The molecule has 1 aliphatic rings. The molecule has 1 amide bonds. The van der Waals surface area contributed by atoms with E-state index in [4.69, 9.17) is 5.73 Å². The Hall–Kier alpha value is -1.03. The van der Waals surface area contributed by atoms with Gasteiger partial charge >= 0.3 is 0 Å². The van der Waals surface area contributed by atoms with Crippen LogP contribution in [0.25, 0.3) is 0 Å². The maximum absolute atomic E-state index is 12.5. The fourth-order valence-corrected chi connectivity index (χ4v) is 3.21. The van der Waals surface area contributed by atoms with Crippen LogP contribution in [0, 0.1) is 6.92 Å². The zero-order valence-corrected chi connectivity index (χ0v) is 13.1. The monoisotopic (exact) mass is 324 g/mol. The van der Waals surface area contributed by atoms with Gasteiger partial charge < -0.3 is 11.1 Å². The van der Waals surface area contributed by atoms with E-state index in [0.717, 1.165) is 22.9 Å². The summed E-state index contributed by atoms with van der Waals surface area (Å²) >= 11 is 3.39. The van der Waals surface area contributed by atoms with Gasteiger partial charge in [-0.2, -0.15) is 0 Å². The highest BCUT2D eigenvalue weighted by Crippen LogP contribution is 2.29. The number of benzene rings is 1. The number of nitrogen functional groups attached to an aromatic ring is 1. The molecule has 0 unspecified atom stereocenters. The smallest absolute Gasteiger partial charge is 0.252 e. The summed E-state index contributed by atoms with van der Waals surface area (Å²) in [7, 11) is 0. The average molecular weight is 325 g/mol. The third-order valence-electron chi connectivity index (χ3n) is 4.03. The molecule has 104 valence electrons. The molecule has 19 heavy (non-hydrogen) atoms. The zero-order chi connectivity index (χ0) is 14.0. The quantitative estimate of drug-likeness (QED) is 0.813. The largest absolute Gasteiger partial charge is 0.398 e. The van der Waals surface area contributed by atoms with Crippen LogP contribution in [0.5, 0.6) is 0 Å². The molecular formula is C15H21BrN2O. The minimum Gasteiger partial charge on any atom is -0.398 e. The van der Waals surface area contributed by atoms with Crippen molar-refractivity contribution in [2.45, 2.75) is 51.5 Å². The van der Waals surface area contributed by atoms with E-state index in [2.05, 4.69) is 28.2 Å². The maximum atomic E-state index is 12.5. The number of anilines is 1. The zero-order valence-electron chi connectivity index (χ0n) is 11.6. The third kappa shape index (κ3) is 3.30. The Balaban J connectivity index is 2.20. The van der Waals surface area contributed by atoms with Gasteiger partial charge in [0.25, 0.3) is 5.91 Å². The minimum atomic E-state index is -0.0706. The van der Waals surface area contributed by atoms with Crippen LogP contribution in [-0.4, -0.2) is 11.4 Å². The van der Waals surface area contributed by atoms with E-state index in [9.17, 15) is 4.79 Å². The second-order valence-corrected chi connectivity index (χ2v) is 6.66. The van der Waals surface area contributed by atoms with Gasteiger partial charge in [-0.1, -0.05) is 35.2 Å². The first-order chi connectivity index (χ1) is 8.91. The molecule has 0 bridgehead atoms. The predicted molar refractivity (Wildman–Crippen MR) is 82.2 cm³/mol. The van der Waals surface area contributed by atoms with Crippen LogP contribution in [0.1, 0.15) is 54.9 Å². The predicted octanol–water partition coefficient (Wildman–Crippen LogP) is 3.79. The van der Waals surface area contributed by atoms with Gasteiger partial charge in [0, 0.05) is 21.3 Å². The first-order valence-corrected chi connectivity index (χ1v) is 7.59. The van der Waals surface area contributed by atoms with E-state index in [1.165, 1.54) is 19.3 Å². The van der Waals surface area contributed by atoms with Crippen molar-refractivity contribution in [3.05, 3.63) is 27.7 Å². The van der Waals surface area contributed by atoms with Crippen LogP contribution in [0.3, 0.4) is 0 Å². The highest BCUT2D eigenvalue weighted by molar-refractivity contribution is 9.10. The molecule has 3 nitrogen and oxygen atoms in total. The maximum Gasteiger partial charge on any atom is 0.252 e. The van der Waals surface area contributed by atoms with Crippen molar-refractivity contribution in [1.29, 1.82) is 0 Å². The van der Waals surface area contributed by atoms with Crippen LogP contribution in [-0.2, 0) is 0 Å². The molecule has 1 fully saturated rings. The number of rotatable bonds is 2. The summed E-state index contributed by atoms with van der Waals surface area (Å²) < 4.78 is 0.842. The van der Waals surface area contributed by atoms with E-state index >= 15 is 0 Å². The lowest BCUT2D eigenvalue weighted by molar-refractivity contribution is 0.0882. The standard InChI is InChI=1S/C15H21BrN2O/c1-10-12(8-11(16)9-13(10)17)14(19)18-15(2)6-4-3-5-7-15/h8-9H,3-7,17H2,1-2H3,(H,18,19). The van der Waals surface area contributed by atoms with Gasteiger partial charge in [0.2, 0.25) is 0 Å². The summed E-state index contributed by atoms with van der Waals surface area (Å²) in [5.41, 5.74) is 8.00. The van der Waals surface area contributed by atoms with Crippen LogP contribution in [0.15, 0.2) is 16.6 Å². The topological polar surface area (TPSA) is 55.1 Å².